The van der Waals surface area contributed by atoms with Gasteiger partial charge in [-0.15, -0.1) is 0 Å². The lowest BCUT2D eigenvalue weighted by Gasteiger charge is -2.11. The molecule has 0 spiro atoms. The van der Waals surface area contributed by atoms with Crippen molar-refractivity contribution in [3.8, 4) is 5.88 Å². The molecule has 1 aromatic rings. The van der Waals surface area contributed by atoms with E-state index in [9.17, 15) is 0 Å². The van der Waals surface area contributed by atoms with Crippen molar-refractivity contribution in [1.29, 1.82) is 0 Å². The Morgan fingerprint density at radius 1 is 1.41 bits per heavy atom. The first-order valence-corrected chi connectivity index (χ1v) is 6.15. The molecule has 0 aliphatic rings. The van der Waals surface area contributed by atoms with Gasteiger partial charge in [0.05, 0.1) is 0 Å². The molecule has 1 aromatic heterocycles. The number of aromatic nitrogens is 1. The van der Waals surface area contributed by atoms with Crippen molar-refractivity contribution in [2.45, 2.75) is 19.9 Å². The topological polar surface area (TPSA) is 37.4 Å². The number of likely N-dealkylation sites (N-methyl/N-ethyl adjacent to an activating group) is 1. The zero-order valence-corrected chi connectivity index (χ0v) is 11.1. The molecule has 1 N–H and O–H groups in total. The third-order valence-corrected chi connectivity index (χ3v) is 2.34. The summed E-state index contributed by atoms with van der Waals surface area (Å²) in [5.74, 6) is 0.711. The summed E-state index contributed by atoms with van der Waals surface area (Å²) < 4.78 is 5.58. The monoisotopic (exact) mass is 237 g/mol. The van der Waals surface area contributed by atoms with Gasteiger partial charge in [0.2, 0.25) is 5.88 Å². The molecule has 0 atom stereocenters. The van der Waals surface area contributed by atoms with Gasteiger partial charge in [-0.3, -0.25) is 0 Å². The second-order valence-electron chi connectivity index (χ2n) is 4.33. The van der Waals surface area contributed by atoms with Crippen molar-refractivity contribution < 1.29 is 4.74 Å². The van der Waals surface area contributed by atoms with Gasteiger partial charge >= 0.3 is 0 Å². The maximum Gasteiger partial charge on any atom is 0.213 e. The van der Waals surface area contributed by atoms with Crippen molar-refractivity contribution in [3.05, 3.63) is 23.9 Å². The molecule has 0 aliphatic carbocycles. The summed E-state index contributed by atoms with van der Waals surface area (Å²) in [5.41, 5.74) is 1.22. The molecule has 0 fully saturated rings. The minimum Gasteiger partial charge on any atom is -0.476 e. The minimum absolute atomic E-state index is 0.672. The number of hydrogen-bond donors (Lipinski definition) is 1. The Bertz CT molecular complexity index is 315. The number of ether oxygens (including phenoxy) is 1. The van der Waals surface area contributed by atoms with Gasteiger partial charge in [-0.25, -0.2) is 4.98 Å². The normalized spacial score (nSPS) is 10.8. The summed E-state index contributed by atoms with van der Waals surface area (Å²) in [6.07, 6.45) is 2.95. The molecule has 0 aliphatic heterocycles. The van der Waals surface area contributed by atoms with E-state index >= 15 is 0 Å². The number of pyridine rings is 1. The minimum atomic E-state index is 0.672. The first kappa shape index (κ1) is 13.9. The van der Waals surface area contributed by atoms with Crippen LogP contribution in [0.5, 0.6) is 5.88 Å². The Kier molecular flexibility index (Phi) is 6.58. The standard InChI is InChI=1S/C13H23N3O/c1-4-6-14-11-12-5-7-15-13(10-12)17-9-8-16(2)3/h5,7,10,14H,4,6,8-9,11H2,1-3H3. The van der Waals surface area contributed by atoms with Gasteiger partial charge in [-0.1, -0.05) is 6.92 Å². The molecule has 0 saturated heterocycles. The molecular weight excluding hydrogens is 214 g/mol. The lowest BCUT2D eigenvalue weighted by molar-refractivity contribution is 0.253. The molecule has 96 valence electrons. The van der Waals surface area contributed by atoms with E-state index in [1.807, 2.05) is 26.2 Å². The molecule has 0 radical (unpaired) electrons. The zero-order valence-electron chi connectivity index (χ0n) is 11.1. The van der Waals surface area contributed by atoms with Gasteiger partial charge in [0, 0.05) is 25.4 Å². The van der Waals surface area contributed by atoms with Crippen LogP contribution in [-0.2, 0) is 6.54 Å². The van der Waals surface area contributed by atoms with Crippen molar-refractivity contribution in [2.24, 2.45) is 0 Å². The van der Waals surface area contributed by atoms with E-state index in [-0.39, 0.29) is 0 Å². The summed E-state index contributed by atoms with van der Waals surface area (Å²) >= 11 is 0. The van der Waals surface area contributed by atoms with Crippen LogP contribution in [0.2, 0.25) is 0 Å². The van der Waals surface area contributed by atoms with E-state index in [4.69, 9.17) is 4.74 Å². The first-order valence-electron chi connectivity index (χ1n) is 6.15. The average Bonchev–Trinajstić information content (AvgIpc) is 2.29. The summed E-state index contributed by atoms with van der Waals surface area (Å²) in [4.78, 5) is 6.29. The number of nitrogens with zero attached hydrogens (tertiary/aromatic N) is 2. The van der Waals surface area contributed by atoms with E-state index in [0.29, 0.717) is 12.5 Å². The van der Waals surface area contributed by atoms with Crippen molar-refractivity contribution >= 4 is 0 Å². The molecule has 17 heavy (non-hydrogen) atoms. The zero-order chi connectivity index (χ0) is 12.5. The van der Waals surface area contributed by atoms with Gasteiger partial charge in [-0.2, -0.15) is 0 Å². The Morgan fingerprint density at radius 2 is 2.24 bits per heavy atom. The van der Waals surface area contributed by atoms with Gasteiger partial charge in [0.15, 0.2) is 0 Å². The fraction of sp³-hybridized carbons (Fsp3) is 0.615. The molecule has 0 aromatic carbocycles. The van der Waals surface area contributed by atoms with Crippen molar-refractivity contribution in [2.75, 3.05) is 33.8 Å². The molecule has 0 amide bonds. The van der Waals surface area contributed by atoms with E-state index in [2.05, 4.69) is 22.1 Å². The largest absolute Gasteiger partial charge is 0.476 e. The predicted octanol–water partition coefficient (Wildman–Crippen LogP) is 1.52. The van der Waals surface area contributed by atoms with Crippen LogP contribution < -0.4 is 10.1 Å². The summed E-state index contributed by atoms with van der Waals surface area (Å²) in [6.45, 7) is 5.65. The third-order valence-electron chi connectivity index (χ3n) is 2.34. The predicted molar refractivity (Wildman–Crippen MR) is 70.3 cm³/mol. The van der Waals surface area contributed by atoms with Crippen LogP contribution in [0.15, 0.2) is 18.3 Å². The second kappa shape index (κ2) is 8.03. The Morgan fingerprint density at radius 3 is 2.94 bits per heavy atom. The Balaban J connectivity index is 2.37. The lowest BCUT2D eigenvalue weighted by atomic mass is 10.2. The first-order chi connectivity index (χ1) is 8.22. The number of hydrogen-bond acceptors (Lipinski definition) is 4. The molecule has 4 heteroatoms. The summed E-state index contributed by atoms with van der Waals surface area (Å²) in [5, 5.41) is 3.36. The smallest absolute Gasteiger partial charge is 0.213 e. The number of rotatable bonds is 8. The quantitative estimate of drug-likeness (QED) is 0.696. The van der Waals surface area contributed by atoms with E-state index < -0.39 is 0 Å². The highest BCUT2D eigenvalue weighted by Gasteiger charge is 1.98. The summed E-state index contributed by atoms with van der Waals surface area (Å²) in [6, 6.07) is 4.01. The highest BCUT2D eigenvalue weighted by atomic mass is 16.5. The molecule has 0 bridgehead atoms. The molecule has 0 unspecified atom stereocenters. The van der Waals surface area contributed by atoms with Crippen LogP contribution in [0.4, 0.5) is 0 Å². The molecule has 0 saturated carbocycles. The van der Waals surface area contributed by atoms with Gasteiger partial charge in [0.25, 0.3) is 0 Å². The SMILES string of the molecule is CCCNCc1ccnc(OCCN(C)C)c1. The highest BCUT2D eigenvalue weighted by Crippen LogP contribution is 2.09. The van der Waals surface area contributed by atoms with Gasteiger partial charge in [-0.05, 0) is 38.7 Å². The van der Waals surface area contributed by atoms with Crippen molar-refractivity contribution in [1.82, 2.24) is 15.2 Å². The molecule has 4 nitrogen and oxygen atoms in total. The van der Waals surface area contributed by atoms with Crippen LogP contribution in [0.3, 0.4) is 0 Å². The maximum absolute atomic E-state index is 5.58. The van der Waals surface area contributed by atoms with Crippen LogP contribution in [0.1, 0.15) is 18.9 Å². The molecule has 1 heterocycles. The average molecular weight is 237 g/mol. The van der Waals surface area contributed by atoms with Crippen LogP contribution in [0.25, 0.3) is 0 Å². The van der Waals surface area contributed by atoms with Gasteiger partial charge < -0.3 is 15.0 Å². The summed E-state index contributed by atoms with van der Waals surface area (Å²) in [7, 11) is 4.06. The molecule has 1 rings (SSSR count). The Hall–Kier alpha value is -1.13. The van der Waals surface area contributed by atoms with Crippen LogP contribution in [-0.4, -0.2) is 43.7 Å². The molecular formula is C13H23N3O. The van der Waals surface area contributed by atoms with Crippen molar-refractivity contribution in [3.63, 3.8) is 0 Å². The second-order valence-corrected chi connectivity index (χ2v) is 4.33. The highest BCUT2D eigenvalue weighted by molar-refractivity contribution is 5.20. The van der Waals surface area contributed by atoms with Crippen LogP contribution >= 0.6 is 0 Å². The van der Waals surface area contributed by atoms with Crippen LogP contribution in [0, 0.1) is 0 Å². The van der Waals surface area contributed by atoms with E-state index in [1.54, 1.807) is 6.20 Å². The van der Waals surface area contributed by atoms with E-state index in [0.717, 1.165) is 26.1 Å². The maximum atomic E-state index is 5.58. The fourth-order valence-corrected chi connectivity index (χ4v) is 1.38. The van der Waals surface area contributed by atoms with Gasteiger partial charge in [0.1, 0.15) is 6.61 Å². The Labute approximate surface area is 104 Å². The number of nitrogens with one attached hydrogen (secondary N) is 1. The third kappa shape index (κ3) is 6.24. The fourth-order valence-electron chi connectivity index (χ4n) is 1.38. The lowest BCUT2D eigenvalue weighted by Crippen LogP contribution is -2.19. The van der Waals surface area contributed by atoms with E-state index in [1.165, 1.54) is 5.56 Å².